The molecule has 1 saturated heterocycles. The van der Waals surface area contributed by atoms with Crippen molar-refractivity contribution in [2.75, 3.05) is 26.8 Å². The maximum absolute atomic E-state index is 12.9. The average Bonchev–Trinajstić information content (AvgIpc) is 2.69. The minimum atomic E-state index is -0.135. The standard InChI is InChI=1S/C21H26N2O4/c1-15-10-17(24)11-20(22(15)2)21(25)23-9-5-6-16(13-23)14-27-19-8-4-7-18(12-19)26-3/h4,7-8,10-12,16H,5-6,9,13-14H2,1-3H3/t16-/m0/s1. The third-order valence-corrected chi connectivity index (χ3v) is 5.07. The van der Waals surface area contributed by atoms with E-state index in [1.165, 1.54) is 12.1 Å². The molecule has 0 aliphatic carbocycles. The van der Waals surface area contributed by atoms with Gasteiger partial charge in [-0.05, 0) is 31.9 Å². The van der Waals surface area contributed by atoms with Crippen molar-refractivity contribution in [3.05, 3.63) is 58.0 Å². The molecule has 144 valence electrons. The molecule has 6 heteroatoms. The summed E-state index contributed by atoms with van der Waals surface area (Å²) in [6.45, 7) is 3.71. The average molecular weight is 370 g/mol. The lowest BCUT2D eigenvalue weighted by molar-refractivity contribution is 0.0622. The molecule has 0 N–H and O–H groups in total. The van der Waals surface area contributed by atoms with Crippen molar-refractivity contribution in [1.29, 1.82) is 0 Å². The Morgan fingerprint density at radius 2 is 2.00 bits per heavy atom. The number of aromatic nitrogens is 1. The summed E-state index contributed by atoms with van der Waals surface area (Å²) in [5, 5.41) is 0. The summed E-state index contributed by atoms with van der Waals surface area (Å²) in [7, 11) is 3.44. The van der Waals surface area contributed by atoms with Crippen LogP contribution >= 0.6 is 0 Å². The van der Waals surface area contributed by atoms with Gasteiger partial charge in [0.2, 0.25) is 0 Å². The fraction of sp³-hybridized carbons (Fsp3) is 0.429. The van der Waals surface area contributed by atoms with Gasteiger partial charge in [-0.2, -0.15) is 0 Å². The Balaban J connectivity index is 1.65. The highest BCUT2D eigenvalue weighted by atomic mass is 16.5. The summed E-state index contributed by atoms with van der Waals surface area (Å²) < 4.78 is 12.9. The number of methoxy groups -OCH3 is 1. The van der Waals surface area contributed by atoms with Gasteiger partial charge in [0.05, 0.1) is 13.7 Å². The smallest absolute Gasteiger partial charge is 0.270 e. The van der Waals surface area contributed by atoms with Crippen molar-refractivity contribution >= 4 is 5.91 Å². The minimum absolute atomic E-state index is 0.0932. The van der Waals surface area contributed by atoms with Crippen molar-refractivity contribution in [2.24, 2.45) is 13.0 Å². The van der Waals surface area contributed by atoms with E-state index in [4.69, 9.17) is 9.47 Å². The first-order valence-corrected chi connectivity index (χ1v) is 9.21. The topological polar surface area (TPSA) is 60.8 Å². The largest absolute Gasteiger partial charge is 0.497 e. The van der Waals surface area contributed by atoms with Crippen LogP contribution in [0.3, 0.4) is 0 Å². The summed E-state index contributed by atoms with van der Waals surface area (Å²) in [5.74, 6) is 1.69. The Morgan fingerprint density at radius 3 is 2.78 bits per heavy atom. The van der Waals surface area contributed by atoms with Crippen LogP contribution in [0.25, 0.3) is 0 Å². The number of carbonyl (C=O) groups is 1. The van der Waals surface area contributed by atoms with E-state index in [0.717, 1.165) is 30.0 Å². The van der Waals surface area contributed by atoms with Crippen LogP contribution in [0.1, 0.15) is 29.0 Å². The molecule has 6 nitrogen and oxygen atoms in total. The van der Waals surface area contributed by atoms with Gasteiger partial charge >= 0.3 is 0 Å². The summed E-state index contributed by atoms with van der Waals surface area (Å²) in [6, 6.07) is 10.5. The van der Waals surface area contributed by atoms with Gasteiger partial charge < -0.3 is 18.9 Å². The summed E-state index contributed by atoms with van der Waals surface area (Å²) in [5.41, 5.74) is 1.08. The quantitative estimate of drug-likeness (QED) is 0.812. The van der Waals surface area contributed by atoms with Crippen molar-refractivity contribution in [2.45, 2.75) is 19.8 Å². The molecule has 1 aliphatic heterocycles. The molecule has 1 aromatic heterocycles. The molecular weight excluding hydrogens is 344 g/mol. The Kier molecular flexibility index (Phi) is 5.84. The Morgan fingerprint density at radius 1 is 1.22 bits per heavy atom. The van der Waals surface area contributed by atoms with Crippen LogP contribution in [-0.2, 0) is 7.05 Å². The van der Waals surface area contributed by atoms with Crippen molar-refractivity contribution < 1.29 is 14.3 Å². The third kappa shape index (κ3) is 4.51. The monoisotopic (exact) mass is 370 g/mol. The van der Waals surface area contributed by atoms with Crippen molar-refractivity contribution in [3.8, 4) is 11.5 Å². The fourth-order valence-electron chi connectivity index (χ4n) is 3.42. The zero-order valence-electron chi connectivity index (χ0n) is 16.1. The number of ether oxygens (including phenoxy) is 2. The lowest BCUT2D eigenvalue weighted by Crippen LogP contribution is -2.42. The Labute approximate surface area is 159 Å². The number of benzene rings is 1. The molecule has 0 saturated carbocycles. The van der Waals surface area contributed by atoms with Crippen molar-refractivity contribution in [1.82, 2.24) is 9.47 Å². The van der Waals surface area contributed by atoms with Gasteiger partial charge in [0.15, 0.2) is 5.43 Å². The van der Waals surface area contributed by atoms with Crippen LogP contribution in [0.2, 0.25) is 0 Å². The van der Waals surface area contributed by atoms with Crippen LogP contribution in [-0.4, -0.2) is 42.2 Å². The number of hydrogen-bond acceptors (Lipinski definition) is 4. The summed E-state index contributed by atoms with van der Waals surface area (Å²) >= 11 is 0. The molecule has 3 rings (SSSR count). The second kappa shape index (κ2) is 8.29. The van der Waals surface area contributed by atoms with E-state index in [-0.39, 0.29) is 17.3 Å². The van der Waals surface area contributed by atoms with Gasteiger partial charge in [-0.3, -0.25) is 9.59 Å². The first-order valence-electron chi connectivity index (χ1n) is 9.21. The Hall–Kier alpha value is -2.76. The number of piperidine rings is 1. The second-order valence-electron chi connectivity index (χ2n) is 7.03. The van der Waals surface area contributed by atoms with Crippen LogP contribution in [0.15, 0.2) is 41.2 Å². The number of aryl methyl sites for hydroxylation is 1. The molecule has 1 fully saturated rings. The molecule has 0 unspecified atom stereocenters. The van der Waals surface area contributed by atoms with Crippen LogP contribution in [0.5, 0.6) is 11.5 Å². The van der Waals surface area contributed by atoms with E-state index in [2.05, 4.69) is 0 Å². The normalized spacial score (nSPS) is 16.9. The number of rotatable bonds is 5. The highest BCUT2D eigenvalue weighted by Crippen LogP contribution is 2.23. The predicted molar refractivity (Wildman–Crippen MR) is 104 cm³/mol. The van der Waals surface area contributed by atoms with Gasteiger partial charge in [-0.25, -0.2) is 0 Å². The van der Waals surface area contributed by atoms with Crippen molar-refractivity contribution in [3.63, 3.8) is 0 Å². The van der Waals surface area contributed by atoms with Crippen LogP contribution in [0, 0.1) is 12.8 Å². The predicted octanol–water partition coefficient (Wildman–Crippen LogP) is 2.63. The number of pyridine rings is 1. The van der Waals surface area contributed by atoms with Gasteiger partial charge in [-0.15, -0.1) is 0 Å². The lowest BCUT2D eigenvalue weighted by atomic mass is 9.98. The van der Waals surface area contributed by atoms with E-state index in [1.807, 2.05) is 43.1 Å². The SMILES string of the molecule is COc1cccc(OC[C@H]2CCCN(C(=O)c3cc(=O)cc(C)n3C)C2)c1. The number of amides is 1. The van der Waals surface area contributed by atoms with Gasteiger partial charge in [-0.1, -0.05) is 6.07 Å². The first kappa shape index (κ1) is 19.0. The van der Waals surface area contributed by atoms with Gasteiger partial charge in [0.1, 0.15) is 17.2 Å². The summed E-state index contributed by atoms with van der Waals surface area (Å²) in [6.07, 6.45) is 1.94. The number of nitrogens with zero attached hydrogens (tertiary/aromatic N) is 2. The minimum Gasteiger partial charge on any atom is -0.497 e. The highest BCUT2D eigenvalue weighted by molar-refractivity contribution is 5.92. The lowest BCUT2D eigenvalue weighted by Gasteiger charge is -2.33. The molecule has 1 amide bonds. The molecule has 0 spiro atoms. The van der Waals surface area contributed by atoms with E-state index >= 15 is 0 Å². The molecule has 2 aromatic rings. The van der Waals surface area contributed by atoms with Crippen LogP contribution < -0.4 is 14.9 Å². The molecule has 1 aromatic carbocycles. The number of hydrogen-bond donors (Lipinski definition) is 0. The van der Waals surface area contributed by atoms with E-state index in [0.29, 0.717) is 25.4 Å². The molecule has 27 heavy (non-hydrogen) atoms. The maximum Gasteiger partial charge on any atom is 0.270 e. The molecule has 0 bridgehead atoms. The molecule has 1 atom stereocenters. The second-order valence-corrected chi connectivity index (χ2v) is 7.03. The van der Waals surface area contributed by atoms with E-state index < -0.39 is 0 Å². The van der Waals surface area contributed by atoms with E-state index in [1.54, 1.807) is 11.7 Å². The maximum atomic E-state index is 12.9. The molecule has 2 heterocycles. The molecule has 0 radical (unpaired) electrons. The summed E-state index contributed by atoms with van der Waals surface area (Å²) in [4.78, 5) is 26.6. The molecule has 1 aliphatic rings. The molecular formula is C21H26N2O4. The Bertz CT molecular complexity index is 875. The zero-order chi connectivity index (χ0) is 19.4. The first-order chi connectivity index (χ1) is 13.0. The van der Waals surface area contributed by atoms with Gasteiger partial charge in [0.25, 0.3) is 5.91 Å². The highest BCUT2D eigenvalue weighted by Gasteiger charge is 2.26. The van der Waals surface area contributed by atoms with Gasteiger partial charge in [0, 0.05) is 49.9 Å². The third-order valence-electron chi connectivity index (χ3n) is 5.07. The zero-order valence-corrected chi connectivity index (χ0v) is 16.1. The number of likely N-dealkylation sites (tertiary alicyclic amines) is 1. The van der Waals surface area contributed by atoms with E-state index in [9.17, 15) is 9.59 Å². The fourth-order valence-corrected chi connectivity index (χ4v) is 3.42. The van der Waals surface area contributed by atoms with Crippen LogP contribution in [0.4, 0.5) is 0 Å². The number of carbonyl (C=O) groups excluding carboxylic acids is 1.